The number of benzene rings is 1. The molecule has 1 saturated carbocycles. The summed E-state index contributed by atoms with van der Waals surface area (Å²) in [5, 5.41) is 5.72. The summed E-state index contributed by atoms with van der Waals surface area (Å²) in [4.78, 5) is 24.5. The lowest BCUT2D eigenvalue weighted by Crippen LogP contribution is -2.42. The molecule has 0 heterocycles. The minimum absolute atomic E-state index is 0.0500. The minimum Gasteiger partial charge on any atom is -0.353 e. The molecule has 108 valence electrons. The first-order valence-corrected chi connectivity index (χ1v) is 7.04. The number of carbonyl (C=O) groups is 2. The Hall–Kier alpha value is -1.84. The van der Waals surface area contributed by atoms with Gasteiger partial charge in [0.15, 0.2) is 0 Å². The molecule has 1 aliphatic carbocycles. The molecule has 2 rings (SSSR count). The van der Waals surface area contributed by atoms with Crippen LogP contribution in [0.4, 0.5) is 5.69 Å². The first-order valence-electron chi connectivity index (χ1n) is 7.04. The number of aryl methyl sites for hydroxylation is 2. The van der Waals surface area contributed by atoms with Crippen molar-refractivity contribution in [1.82, 2.24) is 5.32 Å². The smallest absolute Gasteiger partial charge is 0.240 e. The van der Waals surface area contributed by atoms with E-state index in [4.69, 9.17) is 0 Å². The van der Waals surface area contributed by atoms with Gasteiger partial charge in [0.25, 0.3) is 0 Å². The van der Waals surface area contributed by atoms with Gasteiger partial charge in [0.05, 0.1) is 0 Å². The summed E-state index contributed by atoms with van der Waals surface area (Å²) in [5.74, 6) is -0.352. The Morgan fingerprint density at radius 1 is 1.05 bits per heavy atom. The molecule has 0 unspecified atom stereocenters. The van der Waals surface area contributed by atoms with Gasteiger partial charge in [0.1, 0.15) is 5.41 Å². The molecule has 4 heteroatoms. The predicted octanol–water partition coefficient (Wildman–Crippen LogP) is 2.55. The van der Waals surface area contributed by atoms with Crippen LogP contribution < -0.4 is 10.6 Å². The van der Waals surface area contributed by atoms with Crippen LogP contribution in [-0.4, -0.2) is 17.9 Å². The largest absolute Gasteiger partial charge is 0.353 e. The molecular weight excluding hydrogens is 252 g/mol. The number of rotatable bonds is 4. The molecule has 0 saturated heterocycles. The molecule has 0 radical (unpaired) electrons. The molecule has 2 N–H and O–H groups in total. The quantitative estimate of drug-likeness (QED) is 0.829. The van der Waals surface area contributed by atoms with Crippen LogP contribution in [0.25, 0.3) is 0 Å². The Bertz CT molecular complexity index is 525. The molecular formula is C16H22N2O2. The van der Waals surface area contributed by atoms with Crippen molar-refractivity contribution in [3.63, 3.8) is 0 Å². The van der Waals surface area contributed by atoms with Crippen LogP contribution in [0.3, 0.4) is 0 Å². The van der Waals surface area contributed by atoms with Crippen molar-refractivity contribution in [3.8, 4) is 0 Å². The van der Waals surface area contributed by atoms with Gasteiger partial charge in [-0.2, -0.15) is 0 Å². The third kappa shape index (κ3) is 3.00. The average Bonchev–Trinajstić information content (AvgIpc) is 3.06. The maximum Gasteiger partial charge on any atom is 0.240 e. The van der Waals surface area contributed by atoms with Gasteiger partial charge >= 0.3 is 0 Å². The van der Waals surface area contributed by atoms with Crippen molar-refractivity contribution >= 4 is 17.5 Å². The Morgan fingerprint density at radius 2 is 1.60 bits per heavy atom. The van der Waals surface area contributed by atoms with Crippen molar-refractivity contribution in [3.05, 3.63) is 29.3 Å². The zero-order valence-corrected chi connectivity index (χ0v) is 12.5. The molecule has 20 heavy (non-hydrogen) atoms. The van der Waals surface area contributed by atoms with Gasteiger partial charge in [-0.25, -0.2) is 0 Å². The van der Waals surface area contributed by atoms with Crippen molar-refractivity contribution in [2.45, 2.75) is 46.6 Å². The van der Waals surface area contributed by atoms with Crippen LogP contribution in [0.15, 0.2) is 18.2 Å². The first-order chi connectivity index (χ1) is 9.33. The number of nitrogens with one attached hydrogen (secondary N) is 2. The van der Waals surface area contributed by atoms with E-state index in [2.05, 4.69) is 10.6 Å². The van der Waals surface area contributed by atoms with Crippen molar-refractivity contribution in [2.24, 2.45) is 5.41 Å². The summed E-state index contributed by atoms with van der Waals surface area (Å²) in [6.45, 7) is 7.77. The standard InChI is InChI=1S/C16H22N2O2/c1-10(2)17-14(19)16(5-6-16)15(20)18-13-8-11(3)7-12(4)9-13/h7-10H,5-6H2,1-4H3,(H,17,19)(H,18,20). The molecule has 4 nitrogen and oxygen atoms in total. The van der Waals surface area contributed by atoms with Gasteiger partial charge in [-0.3, -0.25) is 9.59 Å². The van der Waals surface area contributed by atoms with Crippen LogP contribution >= 0.6 is 0 Å². The van der Waals surface area contributed by atoms with E-state index >= 15 is 0 Å². The van der Waals surface area contributed by atoms with Crippen LogP contribution in [0.5, 0.6) is 0 Å². The van der Waals surface area contributed by atoms with Crippen LogP contribution in [0.1, 0.15) is 37.8 Å². The number of hydrogen-bond donors (Lipinski definition) is 2. The van der Waals surface area contributed by atoms with Crippen LogP contribution in [0, 0.1) is 19.3 Å². The Labute approximate surface area is 119 Å². The molecule has 0 bridgehead atoms. The second-order valence-electron chi connectivity index (χ2n) is 6.04. The lowest BCUT2D eigenvalue weighted by atomic mass is 10.0. The van der Waals surface area contributed by atoms with E-state index in [0.29, 0.717) is 12.8 Å². The zero-order valence-electron chi connectivity index (χ0n) is 12.5. The van der Waals surface area contributed by atoms with Gasteiger partial charge in [-0.1, -0.05) is 6.07 Å². The Balaban J connectivity index is 2.10. The highest BCUT2D eigenvalue weighted by Gasteiger charge is 2.56. The molecule has 0 spiro atoms. The highest BCUT2D eigenvalue weighted by molar-refractivity contribution is 6.13. The van der Waals surface area contributed by atoms with E-state index in [9.17, 15) is 9.59 Å². The summed E-state index contributed by atoms with van der Waals surface area (Å²) in [6, 6.07) is 5.94. The normalized spacial score (nSPS) is 15.8. The van der Waals surface area contributed by atoms with Crippen LogP contribution in [-0.2, 0) is 9.59 Å². The van der Waals surface area contributed by atoms with Gasteiger partial charge < -0.3 is 10.6 Å². The zero-order chi connectivity index (χ0) is 14.9. The molecule has 1 aromatic rings. The van der Waals surface area contributed by atoms with Crippen LogP contribution in [0.2, 0.25) is 0 Å². The predicted molar refractivity (Wildman–Crippen MR) is 79.5 cm³/mol. The van der Waals surface area contributed by atoms with E-state index < -0.39 is 5.41 Å². The van der Waals surface area contributed by atoms with Gasteiger partial charge in [-0.15, -0.1) is 0 Å². The molecule has 0 aliphatic heterocycles. The molecule has 1 fully saturated rings. The fourth-order valence-electron chi connectivity index (χ4n) is 2.38. The van der Waals surface area contributed by atoms with E-state index in [1.807, 2.05) is 45.9 Å². The number of hydrogen-bond acceptors (Lipinski definition) is 2. The summed E-state index contributed by atoms with van der Waals surface area (Å²) in [6.07, 6.45) is 1.25. The number of anilines is 1. The summed E-state index contributed by atoms with van der Waals surface area (Å²) in [7, 11) is 0. The molecule has 1 aliphatic rings. The second kappa shape index (κ2) is 5.27. The monoisotopic (exact) mass is 274 g/mol. The summed E-state index contributed by atoms with van der Waals surface area (Å²) < 4.78 is 0. The number of amides is 2. The number of carbonyl (C=O) groups excluding carboxylic acids is 2. The summed E-state index contributed by atoms with van der Waals surface area (Å²) in [5.41, 5.74) is 2.09. The van der Waals surface area contributed by atoms with Gasteiger partial charge in [0.2, 0.25) is 11.8 Å². The Kier molecular flexibility index (Phi) is 3.84. The fourth-order valence-corrected chi connectivity index (χ4v) is 2.38. The summed E-state index contributed by atoms with van der Waals surface area (Å²) >= 11 is 0. The maximum absolute atomic E-state index is 12.4. The second-order valence-corrected chi connectivity index (χ2v) is 6.04. The fraction of sp³-hybridized carbons (Fsp3) is 0.500. The third-order valence-corrected chi connectivity index (χ3v) is 3.52. The first kappa shape index (κ1) is 14.6. The van der Waals surface area contributed by atoms with Crippen molar-refractivity contribution in [2.75, 3.05) is 5.32 Å². The van der Waals surface area contributed by atoms with E-state index in [0.717, 1.165) is 16.8 Å². The van der Waals surface area contributed by atoms with E-state index in [-0.39, 0.29) is 17.9 Å². The van der Waals surface area contributed by atoms with E-state index in [1.165, 1.54) is 0 Å². The molecule has 0 atom stereocenters. The lowest BCUT2D eigenvalue weighted by Gasteiger charge is -2.17. The third-order valence-electron chi connectivity index (χ3n) is 3.52. The molecule has 1 aromatic carbocycles. The van der Waals surface area contributed by atoms with Gasteiger partial charge in [-0.05, 0) is 63.8 Å². The SMILES string of the molecule is Cc1cc(C)cc(NC(=O)C2(C(=O)NC(C)C)CC2)c1. The average molecular weight is 274 g/mol. The highest BCUT2D eigenvalue weighted by atomic mass is 16.2. The molecule has 0 aromatic heterocycles. The van der Waals surface area contributed by atoms with E-state index in [1.54, 1.807) is 0 Å². The van der Waals surface area contributed by atoms with Gasteiger partial charge in [0, 0.05) is 11.7 Å². The maximum atomic E-state index is 12.4. The highest BCUT2D eigenvalue weighted by Crippen LogP contribution is 2.47. The lowest BCUT2D eigenvalue weighted by molar-refractivity contribution is -0.134. The Morgan fingerprint density at radius 3 is 2.05 bits per heavy atom. The van der Waals surface area contributed by atoms with Crippen molar-refractivity contribution < 1.29 is 9.59 Å². The molecule has 2 amide bonds. The van der Waals surface area contributed by atoms with Crippen molar-refractivity contribution in [1.29, 1.82) is 0 Å². The minimum atomic E-state index is -0.859. The topological polar surface area (TPSA) is 58.2 Å².